The topological polar surface area (TPSA) is 20.2 Å². The summed E-state index contributed by atoms with van der Waals surface area (Å²) in [6.07, 6.45) is 7.78. The lowest BCUT2D eigenvalue weighted by atomic mass is 9.73. The van der Waals surface area contributed by atoms with Crippen LogP contribution in [-0.4, -0.2) is 23.2 Å². The molecule has 1 aliphatic carbocycles. The summed E-state index contributed by atoms with van der Waals surface area (Å²) < 4.78 is 0. The molecule has 2 heteroatoms. The van der Waals surface area contributed by atoms with Crippen molar-refractivity contribution in [3.8, 4) is 0 Å². The Labute approximate surface area is 86.3 Å². The molecule has 1 fully saturated rings. The van der Waals surface area contributed by atoms with Crippen molar-refractivity contribution in [3.05, 3.63) is 0 Å². The second-order valence-corrected chi connectivity index (χ2v) is 5.56. The van der Waals surface area contributed by atoms with E-state index in [0.717, 1.165) is 0 Å². The number of thioether (sulfide) groups is 1. The fourth-order valence-electron chi connectivity index (χ4n) is 2.22. The van der Waals surface area contributed by atoms with Gasteiger partial charge < -0.3 is 5.11 Å². The average molecular weight is 202 g/mol. The lowest BCUT2D eigenvalue weighted by Crippen LogP contribution is -2.28. The van der Waals surface area contributed by atoms with Crippen molar-refractivity contribution >= 4 is 11.8 Å². The van der Waals surface area contributed by atoms with Crippen LogP contribution >= 0.6 is 11.8 Å². The quantitative estimate of drug-likeness (QED) is 0.691. The molecule has 0 atom stereocenters. The molecule has 78 valence electrons. The smallest absolute Gasteiger partial charge is 0.0487 e. The highest BCUT2D eigenvalue weighted by Crippen LogP contribution is 2.39. The molecule has 1 rings (SSSR count). The van der Waals surface area contributed by atoms with Crippen molar-refractivity contribution < 1.29 is 5.11 Å². The minimum atomic E-state index is 0.306. The summed E-state index contributed by atoms with van der Waals surface area (Å²) in [7, 11) is 0. The first-order valence-electron chi connectivity index (χ1n) is 5.51. The van der Waals surface area contributed by atoms with E-state index in [-0.39, 0.29) is 0 Å². The van der Waals surface area contributed by atoms with E-state index in [2.05, 4.69) is 6.92 Å². The third-order valence-electron chi connectivity index (χ3n) is 3.23. The molecule has 0 amide bonds. The number of hydrogen-bond donors (Lipinski definition) is 1. The van der Waals surface area contributed by atoms with Gasteiger partial charge in [-0.2, -0.15) is 11.8 Å². The van der Waals surface area contributed by atoms with Gasteiger partial charge in [-0.15, -0.1) is 0 Å². The van der Waals surface area contributed by atoms with Gasteiger partial charge in [-0.25, -0.2) is 0 Å². The standard InChI is InChI=1S/C11H22OS/c1-2-13-9-8-11(10-12)6-4-3-5-7-11/h12H,2-10H2,1H3. The molecule has 1 aliphatic rings. The summed E-state index contributed by atoms with van der Waals surface area (Å²) in [5.41, 5.74) is 0.306. The van der Waals surface area contributed by atoms with E-state index in [0.29, 0.717) is 12.0 Å². The molecule has 0 unspecified atom stereocenters. The van der Waals surface area contributed by atoms with E-state index in [4.69, 9.17) is 0 Å². The maximum atomic E-state index is 9.43. The van der Waals surface area contributed by atoms with Gasteiger partial charge in [-0.1, -0.05) is 26.2 Å². The van der Waals surface area contributed by atoms with Gasteiger partial charge in [0, 0.05) is 6.61 Å². The Morgan fingerprint density at radius 1 is 1.23 bits per heavy atom. The Morgan fingerprint density at radius 3 is 2.46 bits per heavy atom. The van der Waals surface area contributed by atoms with Crippen molar-refractivity contribution in [2.75, 3.05) is 18.1 Å². The first kappa shape index (κ1) is 11.4. The summed E-state index contributed by atoms with van der Waals surface area (Å²) in [6, 6.07) is 0. The molecular weight excluding hydrogens is 180 g/mol. The fraction of sp³-hybridized carbons (Fsp3) is 1.00. The van der Waals surface area contributed by atoms with Gasteiger partial charge in [0.25, 0.3) is 0 Å². The normalized spacial score (nSPS) is 21.7. The largest absolute Gasteiger partial charge is 0.396 e. The van der Waals surface area contributed by atoms with Crippen molar-refractivity contribution in [2.24, 2.45) is 5.41 Å². The second kappa shape index (κ2) is 5.92. The zero-order valence-electron chi connectivity index (χ0n) is 8.72. The van der Waals surface area contributed by atoms with Gasteiger partial charge in [0.2, 0.25) is 0 Å². The summed E-state index contributed by atoms with van der Waals surface area (Å²) in [5.74, 6) is 2.44. The third kappa shape index (κ3) is 3.51. The molecule has 0 heterocycles. The Hall–Kier alpha value is 0.310. The minimum Gasteiger partial charge on any atom is -0.396 e. The minimum absolute atomic E-state index is 0.306. The summed E-state index contributed by atoms with van der Waals surface area (Å²) in [5, 5.41) is 9.43. The highest BCUT2D eigenvalue weighted by Gasteiger charge is 2.30. The van der Waals surface area contributed by atoms with E-state index in [1.54, 1.807) is 0 Å². The molecule has 0 aromatic carbocycles. The van der Waals surface area contributed by atoms with Crippen LogP contribution in [0, 0.1) is 5.41 Å². The van der Waals surface area contributed by atoms with Crippen molar-refractivity contribution in [3.63, 3.8) is 0 Å². The van der Waals surface area contributed by atoms with E-state index < -0.39 is 0 Å². The second-order valence-electron chi connectivity index (χ2n) is 4.17. The Bertz CT molecular complexity index is 130. The Kier molecular flexibility index (Phi) is 5.18. The van der Waals surface area contributed by atoms with E-state index in [1.165, 1.54) is 50.0 Å². The predicted molar refractivity (Wildman–Crippen MR) is 60.2 cm³/mol. The molecule has 0 saturated heterocycles. The van der Waals surface area contributed by atoms with Crippen LogP contribution in [0.1, 0.15) is 45.4 Å². The maximum absolute atomic E-state index is 9.43. The first-order chi connectivity index (χ1) is 6.33. The highest BCUT2D eigenvalue weighted by atomic mass is 32.2. The van der Waals surface area contributed by atoms with Crippen molar-refractivity contribution in [2.45, 2.75) is 45.4 Å². The molecule has 0 bridgehead atoms. The fourth-order valence-corrected chi connectivity index (χ4v) is 3.09. The van der Waals surface area contributed by atoms with Crippen LogP contribution in [0.15, 0.2) is 0 Å². The van der Waals surface area contributed by atoms with Crippen molar-refractivity contribution in [1.82, 2.24) is 0 Å². The maximum Gasteiger partial charge on any atom is 0.0487 e. The monoisotopic (exact) mass is 202 g/mol. The molecule has 1 saturated carbocycles. The zero-order valence-corrected chi connectivity index (χ0v) is 9.54. The van der Waals surface area contributed by atoms with Gasteiger partial charge in [0.05, 0.1) is 0 Å². The van der Waals surface area contributed by atoms with E-state index >= 15 is 0 Å². The van der Waals surface area contributed by atoms with Crippen LogP contribution in [0.4, 0.5) is 0 Å². The summed E-state index contributed by atoms with van der Waals surface area (Å²) in [6.45, 7) is 2.62. The van der Waals surface area contributed by atoms with Crippen LogP contribution in [0.5, 0.6) is 0 Å². The molecule has 0 aliphatic heterocycles. The summed E-state index contributed by atoms with van der Waals surface area (Å²) >= 11 is 2.00. The highest BCUT2D eigenvalue weighted by molar-refractivity contribution is 7.99. The van der Waals surface area contributed by atoms with E-state index in [9.17, 15) is 5.11 Å². The zero-order chi connectivity index (χ0) is 9.57. The van der Waals surface area contributed by atoms with Crippen LogP contribution in [0.2, 0.25) is 0 Å². The molecule has 1 nitrogen and oxygen atoms in total. The molecule has 0 radical (unpaired) electrons. The summed E-state index contributed by atoms with van der Waals surface area (Å²) in [4.78, 5) is 0. The molecule has 0 spiro atoms. The SMILES string of the molecule is CCSCCC1(CO)CCCCC1. The van der Waals surface area contributed by atoms with Gasteiger partial charge in [0.1, 0.15) is 0 Å². The Morgan fingerprint density at radius 2 is 1.92 bits per heavy atom. The van der Waals surface area contributed by atoms with Gasteiger partial charge in [-0.3, -0.25) is 0 Å². The molecule has 0 aromatic heterocycles. The molecule has 1 N–H and O–H groups in total. The predicted octanol–water partition coefficient (Wildman–Crippen LogP) is 3.07. The van der Waals surface area contributed by atoms with Crippen LogP contribution in [0.3, 0.4) is 0 Å². The van der Waals surface area contributed by atoms with Gasteiger partial charge >= 0.3 is 0 Å². The Balaban J connectivity index is 2.29. The molecule has 13 heavy (non-hydrogen) atoms. The van der Waals surface area contributed by atoms with Gasteiger partial charge in [-0.05, 0) is 36.2 Å². The molecule has 0 aromatic rings. The van der Waals surface area contributed by atoms with Crippen LogP contribution < -0.4 is 0 Å². The van der Waals surface area contributed by atoms with Crippen molar-refractivity contribution in [1.29, 1.82) is 0 Å². The van der Waals surface area contributed by atoms with Gasteiger partial charge in [0.15, 0.2) is 0 Å². The van der Waals surface area contributed by atoms with E-state index in [1.807, 2.05) is 11.8 Å². The number of hydrogen-bond acceptors (Lipinski definition) is 2. The lowest BCUT2D eigenvalue weighted by Gasteiger charge is -2.35. The number of aliphatic hydroxyl groups excluding tert-OH is 1. The lowest BCUT2D eigenvalue weighted by molar-refractivity contribution is 0.0795. The molecular formula is C11H22OS. The number of rotatable bonds is 5. The first-order valence-corrected chi connectivity index (χ1v) is 6.67. The average Bonchev–Trinajstić information content (AvgIpc) is 2.20. The third-order valence-corrected chi connectivity index (χ3v) is 4.13. The number of aliphatic hydroxyl groups is 1. The van der Waals surface area contributed by atoms with Crippen LogP contribution in [0.25, 0.3) is 0 Å². The van der Waals surface area contributed by atoms with Crippen LogP contribution in [-0.2, 0) is 0 Å².